The second-order valence-electron chi connectivity index (χ2n) is 4.24. The first-order valence-corrected chi connectivity index (χ1v) is 7.31. The Bertz CT molecular complexity index is 515. The minimum atomic E-state index is 0.273. The van der Waals surface area contributed by atoms with Crippen LogP contribution in [0.15, 0.2) is 41.3 Å². The van der Waals surface area contributed by atoms with Gasteiger partial charge in [-0.15, -0.1) is 0 Å². The Morgan fingerprint density at radius 2 is 1.69 bits per heavy atom. The number of aromatic hydroxyl groups is 1. The Morgan fingerprint density at radius 1 is 0.938 bits per heavy atom. The number of phenolic OH excluding ortho intramolecular Hbond substituents is 1. The fourth-order valence-corrected chi connectivity index (χ4v) is 4.97. The van der Waals surface area contributed by atoms with Crippen molar-refractivity contribution < 1.29 is 5.11 Å². The molecule has 1 N–H and O–H groups in total. The summed E-state index contributed by atoms with van der Waals surface area (Å²) in [6.07, 6.45) is 2.62. The predicted octanol–water partition coefficient (Wildman–Crippen LogP) is 3.32. The zero-order valence-electron chi connectivity index (χ0n) is 9.15. The molecule has 0 spiro atoms. The first-order valence-electron chi connectivity index (χ1n) is 5.74. The average molecular weight is 231 g/mol. The van der Waals surface area contributed by atoms with Crippen molar-refractivity contribution in [2.45, 2.75) is 17.7 Å². The quantitative estimate of drug-likeness (QED) is 0.746. The van der Waals surface area contributed by atoms with Gasteiger partial charge in [-0.05, 0) is 30.4 Å². The summed E-state index contributed by atoms with van der Waals surface area (Å²) in [5.41, 5.74) is 0. The third-order valence-corrected chi connectivity index (χ3v) is 5.75. The second kappa shape index (κ2) is 4.02. The van der Waals surface area contributed by atoms with Gasteiger partial charge in [-0.3, -0.25) is 0 Å². The average Bonchev–Trinajstić information content (AvgIpc) is 2.82. The van der Waals surface area contributed by atoms with Gasteiger partial charge >= 0.3 is 0 Å². The molecule has 16 heavy (non-hydrogen) atoms. The van der Waals surface area contributed by atoms with E-state index in [1.165, 1.54) is 40.0 Å². The molecule has 0 atom stereocenters. The third-order valence-electron chi connectivity index (χ3n) is 3.18. The van der Waals surface area contributed by atoms with Gasteiger partial charge in [0, 0.05) is 16.3 Å². The standard InChI is InChI=1S/C14H14OS/c15-13-8-7-11-5-1-2-6-12(11)14(13)16-9-3-4-10-16/h1-2,5-8H,3-4,9-10H2/p+1. The highest BCUT2D eigenvalue weighted by molar-refractivity contribution is 7.97. The van der Waals surface area contributed by atoms with Crippen molar-refractivity contribution in [1.82, 2.24) is 0 Å². The summed E-state index contributed by atoms with van der Waals surface area (Å²) in [5, 5.41) is 12.6. The minimum absolute atomic E-state index is 0.273. The van der Waals surface area contributed by atoms with Gasteiger partial charge in [-0.1, -0.05) is 24.3 Å². The molecule has 1 aliphatic heterocycles. The lowest BCUT2D eigenvalue weighted by Gasteiger charge is -2.07. The summed E-state index contributed by atoms with van der Waals surface area (Å²) in [6.45, 7) is 0. The molecule has 1 saturated heterocycles. The molecule has 1 aliphatic rings. The maximum absolute atomic E-state index is 10.1. The van der Waals surface area contributed by atoms with E-state index in [1.54, 1.807) is 0 Å². The predicted molar refractivity (Wildman–Crippen MR) is 70.2 cm³/mol. The van der Waals surface area contributed by atoms with E-state index in [9.17, 15) is 5.11 Å². The highest BCUT2D eigenvalue weighted by atomic mass is 32.2. The molecule has 82 valence electrons. The van der Waals surface area contributed by atoms with E-state index >= 15 is 0 Å². The van der Waals surface area contributed by atoms with Gasteiger partial charge in [0.2, 0.25) is 4.90 Å². The topological polar surface area (TPSA) is 20.2 Å². The van der Waals surface area contributed by atoms with Crippen LogP contribution in [-0.4, -0.2) is 16.6 Å². The maximum atomic E-state index is 10.1. The SMILES string of the molecule is Oc1ccc2ccccc2c1[S+]1CCCC1. The largest absolute Gasteiger partial charge is 0.503 e. The van der Waals surface area contributed by atoms with Crippen molar-refractivity contribution in [2.24, 2.45) is 0 Å². The molecule has 0 radical (unpaired) electrons. The molecule has 2 heteroatoms. The lowest BCUT2D eigenvalue weighted by Crippen LogP contribution is -2.04. The first-order chi connectivity index (χ1) is 7.86. The van der Waals surface area contributed by atoms with Gasteiger partial charge in [0.05, 0.1) is 0 Å². The Labute approximate surface area is 98.5 Å². The summed E-state index contributed by atoms with van der Waals surface area (Å²) < 4.78 is 0. The summed E-state index contributed by atoms with van der Waals surface area (Å²) in [4.78, 5) is 1.20. The van der Waals surface area contributed by atoms with Crippen molar-refractivity contribution >= 4 is 21.7 Å². The van der Waals surface area contributed by atoms with Crippen molar-refractivity contribution in [1.29, 1.82) is 0 Å². The highest BCUT2D eigenvalue weighted by Crippen LogP contribution is 2.36. The molecule has 0 unspecified atom stereocenters. The van der Waals surface area contributed by atoms with E-state index in [4.69, 9.17) is 0 Å². The molecule has 0 amide bonds. The lowest BCUT2D eigenvalue weighted by molar-refractivity contribution is 0.464. The van der Waals surface area contributed by atoms with Crippen LogP contribution in [0, 0.1) is 0 Å². The monoisotopic (exact) mass is 231 g/mol. The van der Waals surface area contributed by atoms with Crippen LogP contribution in [0.2, 0.25) is 0 Å². The molecule has 0 bridgehead atoms. The van der Waals surface area contributed by atoms with Gasteiger partial charge in [-0.2, -0.15) is 0 Å². The van der Waals surface area contributed by atoms with Crippen LogP contribution < -0.4 is 0 Å². The maximum Gasteiger partial charge on any atom is 0.204 e. The van der Waals surface area contributed by atoms with E-state index in [0.29, 0.717) is 5.75 Å². The number of rotatable bonds is 1. The van der Waals surface area contributed by atoms with Crippen molar-refractivity contribution in [2.75, 3.05) is 11.5 Å². The Balaban J connectivity index is 2.23. The van der Waals surface area contributed by atoms with Gasteiger partial charge in [0.25, 0.3) is 0 Å². The Kier molecular flexibility index (Phi) is 2.52. The molecule has 1 heterocycles. The van der Waals surface area contributed by atoms with E-state index in [-0.39, 0.29) is 10.9 Å². The van der Waals surface area contributed by atoms with Crippen LogP contribution in [0.4, 0.5) is 0 Å². The zero-order chi connectivity index (χ0) is 11.0. The number of hydrogen-bond donors (Lipinski definition) is 1. The summed E-state index contributed by atoms with van der Waals surface area (Å²) in [7, 11) is 0.273. The van der Waals surface area contributed by atoms with E-state index in [0.717, 1.165) is 0 Å². The normalized spacial score (nSPS) is 17.0. The van der Waals surface area contributed by atoms with Gasteiger partial charge < -0.3 is 5.11 Å². The van der Waals surface area contributed by atoms with Crippen LogP contribution in [0.1, 0.15) is 12.8 Å². The molecule has 1 fully saturated rings. The number of fused-ring (bicyclic) bond motifs is 1. The van der Waals surface area contributed by atoms with Crippen molar-refractivity contribution in [3.63, 3.8) is 0 Å². The van der Waals surface area contributed by atoms with Crippen LogP contribution in [0.5, 0.6) is 5.75 Å². The highest BCUT2D eigenvalue weighted by Gasteiger charge is 2.31. The molecule has 2 aromatic rings. The number of hydrogen-bond acceptors (Lipinski definition) is 1. The molecule has 3 rings (SSSR count). The number of benzene rings is 2. The fourth-order valence-electron chi connectivity index (χ4n) is 2.39. The molecule has 0 aliphatic carbocycles. The van der Waals surface area contributed by atoms with Gasteiger partial charge in [0.15, 0.2) is 5.75 Å². The fraction of sp³-hybridized carbons (Fsp3) is 0.286. The Hall–Kier alpha value is -1.15. The van der Waals surface area contributed by atoms with Gasteiger partial charge in [0.1, 0.15) is 11.5 Å². The minimum Gasteiger partial charge on any atom is -0.503 e. The van der Waals surface area contributed by atoms with Crippen LogP contribution >= 0.6 is 0 Å². The second-order valence-corrected chi connectivity index (χ2v) is 6.45. The molecule has 0 aromatic heterocycles. The molecule has 1 nitrogen and oxygen atoms in total. The zero-order valence-corrected chi connectivity index (χ0v) is 9.96. The van der Waals surface area contributed by atoms with E-state index < -0.39 is 0 Å². The van der Waals surface area contributed by atoms with Crippen LogP contribution in [0.25, 0.3) is 10.8 Å². The summed E-state index contributed by atoms with van der Waals surface area (Å²) in [6, 6.07) is 12.2. The summed E-state index contributed by atoms with van der Waals surface area (Å²) >= 11 is 0. The lowest BCUT2D eigenvalue weighted by atomic mass is 10.1. The van der Waals surface area contributed by atoms with E-state index in [1.807, 2.05) is 12.1 Å². The number of phenols is 1. The van der Waals surface area contributed by atoms with Crippen LogP contribution in [-0.2, 0) is 10.9 Å². The third kappa shape index (κ3) is 1.57. The molecular weight excluding hydrogens is 216 g/mol. The summed E-state index contributed by atoms with van der Waals surface area (Å²) in [5.74, 6) is 2.99. The molecular formula is C14H15OS+. The van der Waals surface area contributed by atoms with Crippen LogP contribution in [0.3, 0.4) is 0 Å². The molecule has 2 aromatic carbocycles. The van der Waals surface area contributed by atoms with Crippen molar-refractivity contribution in [3.05, 3.63) is 36.4 Å². The smallest absolute Gasteiger partial charge is 0.204 e. The van der Waals surface area contributed by atoms with E-state index in [2.05, 4.69) is 24.3 Å². The van der Waals surface area contributed by atoms with Gasteiger partial charge in [-0.25, -0.2) is 0 Å². The van der Waals surface area contributed by atoms with Crippen molar-refractivity contribution in [3.8, 4) is 5.75 Å². The Morgan fingerprint density at radius 3 is 2.50 bits per heavy atom. The first kappa shape index (κ1) is 10.0. The molecule has 0 saturated carbocycles.